The summed E-state index contributed by atoms with van der Waals surface area (Å²) in [7, 11) is 0. The Morgan fingerprint density at radius 1 is 1.00 bits per heavy atom. The number of hydrogen-bond donors (Lipinski definition) is 1. The van der Waals surface area contributed by atoms with Crippen molar-refractivity contribution < 1.29 is 9.21 Å². The molecule has 29 heavy (non-hydrogen) atoms. The van der Waals surface area contributed by atoms with E-state index in [-0.39, 0.29) is 11.3 Å². The molecule has 4 rings (SSSR count). The lowest BCUT2D eigenvalue weighted by atomic mass is 9.87. The van der Waals surface area contributed by atoms with E-state index in [2.05, 4.69) is 53.7 Å². The minimum atomic E-state index is -0.147. The first-order valence-electron chi connectivity index (χ1n) is 9.38. The first kappa shape index (κ1) is 19.6. The van der Waals surface area contributed by atoms with Gasteiger partial charge in [0.1, 0.15) is 5.52 Å². The van der Waals surface area contributed by atoms with E-state index in [0.29, 0.717) is 28.2 Å². The Morgan fingerprint density at radius 3 is 2.45 bits per heavy atom. The summed E-state index contributed by atoms with van der Waals surface area (Å²) >= 11 is 2.26. The third-order valence-corrected chi connectivity index (χ3v) is 5.40. The van der Waals surface area contributed by atoms with Crippen LogP contribution in [0.15, 0.2) is 71.1 Å². The van der Waals surface area contributed by atoms with Gasteiger partial charge in [-0.15, -0.1) is 0 Å². The fourth-order valence-electron chi connectivity index (χ4n) is 3.08. The minimum absolute atomic E-state index is 0.0571. The van der Waals surface area contributed by atoms with Crippen LogP contribution >= 0.6 is 22.6 Å². The fourth-order valence-corrected chi connectivity index (χ4v) is 3.62. The summed E-state index contributed by atoms with van der Waals surface area (Å²) in [6.07, 6.45) is 0. The molecule has 0 radical (unpaired) electrons. The minimum Gasteiger partial charge on any atom is -0.436 e. The molecule has 0 fully saturated rings. The van der Waals surface area contributed by atoms with Crippen molar-refractivity contribution >= 4 is 45.3 Å². The predicted octanol–water partition coefficient (Wildman–Crippen LogP) is 6.65. The number of aromatic nitrogens is 1. The van der Waals surface area contributed by atoms with Gasteiger partial charge in [-0.3, -0.25) is 4.79 Å². The van der Waals surface area contributed by atoms with Crippen molar-refractivity contribution in [1.82, 2.24) is 4.98 Å². The molecule has 1 amide bonds. The number of amides is 1. The number of nitrogens with one attached hydrogen (secondary N) is 1. The molecule has 0 aliphatic carbocycles. The van der Waals surface area contributed by atoms with Crippen LogP contribution in [0.1, 0.15) is 36.7 Å². The standard InChI is InChI=1S/C24H21IN2O2/c1-24(2,3)17-9-7-15(8-10-17)22(28)26-19-11-12-21-20(14-19)27-23(29-21)16-5-4-6-18(25)13-16/h4-14H,1-3H3,(H,26,28). The van der Waals surface area contributed by atoms with Crippen LogP contribution in [-0.4, -0.2) is 10.9 Å². The van der Waals surface area contributed by atoms with Crippen molar-refractivity contribution in [1.29, 1.82) is 0 Å². The Kier molecular flexibility index (Phi) is 5.17. The lowest BCUT2D eigenvalue weighted by Gasteiger charge is -2.19. The van der Waals surface area contributed by atoms with Gasteiger partial charge in [-0.25, -0.2) is 4.98 Å². The maximum absolute atomic E-state index is 12.6. The van der Waals surface area contributed by atoms with Crippen LogP contribution < -0.4 is 5.32 Å². The van der Waals surface area contributed by atoms with Crippen molar-refractivity contribution in [2.24, 2.45) is 0 Å². The van der Waals surface area contributed by atoms with E-state index in [0.717, 1.165) is 9.13 Å². The number of rotatable bonds is 3. The normalized spacial score (nSPS) is 11.6. The molecule has 0 aliphatic rings. The van der Waals surface area contributed by atoms with Crippen LogP contribution in [0.3, 0.4) is 0 Å². The van der Waals surface area contributed by atoms with Crippen molar-refractivity contribution in [2.75, 3.05) is 5.32 Å². The van der Waals surface area contributed by atoms with Gasteiger partial charge < -0.3 is 9.73 Å². The van der Waals surface area contributed by atoms with E-state index in [1.54, 1.807) is 0 Å². The number of nitrogens with zero attached hydrogens (tertiary/aromatic N) is 1. The molecule has 1 N–H and O–H groups in total. The molecule has 0 saturated heterocycles. The van der Waals surface area contributed by atoms with Crippen molar-refractivity contribution in [2.45, 2.75) is 26.2 Å². The number of hydrogen-bond acceptors (Lipinski definition) is 3. The molecule has 3 aromatic carbocycles. The highest BCUT2D eigenvalue weighted by atomic mass is 127. The smallest absolute Gasteiger partial charge is 0.255 e. The molecule has 0 bridgehead atoms. The number of carbonyl (C=O) groups excluding carboxylic acids is 1. The topological polar surface area (TPSA) is 55.1 Å². The summed E-state index contributed by atoms with van der Waals surface area (Å²) in [5.41, 5.74) is 4.88. The second kappa shape index (κ2) is 7.63. The number of benzene rings is 3. The van der Waals surface area contributed by atoms with Crippen molar-refractivity contribution in [3.8, 4) is 11.5 Å². The molecule has 1 aromatic heterocycles. The van der Waals surface area contributed by atoms with Crippen molar-refractivity contribution in [3.05, 3.63) is 81.4 Å². The summed E-state index contributed by atoms with van der Waals surface area (Å²) < 4.78 is 6.99. The summed E-state index contributed by atoms with van der Waals surface area (Å²) in [6.45, 7) is 6.46. The lowest BCUT2D eigenvalue weighted by molar-refractivity contribution is 0.102. The molecule has 1 heterocycles. The first-order valence-corrected chi connectivity index (χ1v) is 10.5. The quantitative estimate of drug-likeness (QED) is 0.323. The third-order valence-electron chi connectivity index (χ3n) is 4.73. The van der Waals surface area contributed by atoms with Gasteiger partial charge in [0.05, 0.1) is 0 Å². The van der Waals surface area contributed by atoms with E-state index in [1.807, 2.05) is 66.7 Å². The maximum atomic E-state index is 12.6. The number of carbonyl (C=O) groups is 1. The zero-order valence-electron chi connectivity index (χ0n) is 16.5. The Balaban J connectivity index is 1.56. The van der Waals surface area contributed by atoms with E-state index in [4.69, 9.17) is 4.42 Å². The first-order chi connectivity index (χ1) is 13.8. The Morgan fingerprint density at radius 2 is 1.76 bits per heavy atom. The SMILES string of the molecule is CC(C)(C)c1ccc(C(=O)Nc2ccc3oc(-c4cccc(I)c4)nc3c2)cc1. The molecule has 4 aromatic rings. The summed E-state index contributed by atoms with van der Waals surface area (Å²) in [6, 6.07) is 21.2. The summed E-state index contributed by atoms with van der Waals surface area (Å²) in [4.78, 5) is 17.2. The Labute approximate surface area is 183 Å². The molecule has 0 atom stereocenters. The zero-order chi connectivity index (χ0) is 20.6. The lowest BCUT2D eigenvalue weighted by Crippen LogP contribution is -2.14. The molecular formula is C24H21IN2O2. The molecule has 0 spiro atoms. The number of anilines is 1. The third kappa shape index (κ3) is 4.34. The number of halogens is 1. The van der Waals surface area contributed by atoms with Gasteiger partial charge in [-0.05, 0) is 82.1 Å². The molecule has 0 aliphatic heterocycles. The van der Waals surface area contributed by atoms with E-state index < -0.39 is 0 Å². The molecule has 146 valence electrons. The fraction of sp³-hybridized carbons (Fsp3) is 0.167. The van der Waals surface area contributed by atoms with Crippen LogP contribution in [-0.2, 0) is 5.41 Å². The van der Waals surface area contributed by atoms with Crippen LogP contribution in [0.4, 0.5) is 5.69 Å². The molecule has 5 heteroatoms. The molecule has 0 unspecified atom stereocenters. The largest absolute Gasteiger partial charge is 0.436 e. The highest BCUT2D eigenvalue weighted by molar-refractivity contribution is 14.1. The van der Waals surface area contributed by atoms with E-state index >= 15 is 0 Å². The number of oxazole rings is 1. The van der Waals surface area contributed by atoms with Gasteiger partial charge in [-0.1, -0.05) is 39.0 Å². The van der Waals surface area contributed by atoms with Gasteiger partial charge in [0.15, 0.2) is 5.58 Å². The molecule has 0 saturated carbocycles. The van der Waals surface area contributed by atoms with Gasteiger partial charge in [0.25, 0.3) is 5.91 Å². The average molecular weight is 496 g/mol. The predicted molar refractivity (Wildman–Crippen MR) is 125 cm³/mol. The van der Waals surface area contributed by atoms with Gasteiger partial charge >= 0.3 is 0 Å². The second-order valence-corrected chi connectivity index (χ2v) is 9.24. The van der Waals surface area contributed by atoms with Crippen molar-refractivity contribution in [3.63, 3.8) is 0 Å². The highest BCUT2D eigenvalue weighted by Crippen LogP contribution is 2.27. The maximum Gasteiger partial charge on any atom is 0.255 e. The highest BCUT2D eigenvalue weighted by Gasteiger charge is 2.15. The van der Waals surface area contributed by atoms with Crippen LogP contribution in [0.2, 0.25) is 0 Å². The summed E-state index contributed by atoms with van der Waals surface area (Å²) in [5.74, 6) is 0.422. The van der Waals surface area contributed by atoms with Gasteiger partial charge in [0, 0.05) is 20.4 Å². The van der Waals surface area contributed by atoms with E-state index in [9.17, 15) is 4.79 Å². The van der Waals surface area contributed by atoms with Gasteiger partial charge in [-0.2, -0.15) is 0 Å². The Bertz CT molecular complexity index is 1190. The van der Waals surface area contributed by atoms with Crippen LogP contribution in [0.25, 0.3) is 22.6 Å². The molecular weight excluding hydrogens is 475 g/mol. The number of fused-ring (bicyclic) bond motifs is 1. The van der Waals surface area contributed by atoms with Gasteiger partial charge in [0.2, 0.25) is 5.89 Å². The van der Waals surface area contributed by atoms with E-state index in [1.165, 1.54) is 5.56 Å². The van der Waals surface area contributed by atoms with Crippen LogP contribution in [0, 0.1) is 3.57 Å². The average Bonchev–Trinajstić information content (AvgIpc) is 3.11. The monoisotopic (exact) mass is 496 g/mol. The Hall–Kier alpha value is -2.67. The molecule has 4 nitrogen and oxygen atoms in total. The zero-order valence-corrected chi connectivity index (χ0v) is 18.7. The van der Waals surface area contributed by atoms with Crippen LogP contribution in [0.5, 0.6) is 0 Å². The second-order valence-electron chi connectivity index (χ2n) is 7.99. The summed E-state index contributed by atoms with van der Waals surface area (Å²) in [5, 5.41) is 2.94.